The van der Waals surface area contributed by atoms with Crippen molar-refractivity contribution in [1.82, 2.24) is 19.7 Å². The Kier molecular flexibility index (Phi) is 4.85. The van der Waals surface area contributed by atoms with Crippen LogP contribution < -0.4 is 5.32 Å². The van der Waals surface area contributed by atoms with Crippen molar-refractivity contribution in [1.29, 1.82) is 0 Å². The maximum atomic E-state index is 12.5. The summed E-state index contributed by atoms with van der Waals surface area (Å²) in [6.07, 6.45) is 1.41. The minimum absolute atomic E-state index is 0.320. The van der Waals surface area contributed by atoms with Crippen LogP contribution in [0.15, 0.2) is 24.4 Å². The van der Waals surface area contributed by atoms with E-state index < -0.39 is 18.5 Å². The standard InChI is InChI=1S/C17H16ClN5O3/c1-9-6-12(15-10(2)22-23(3)16(15)20-9)17(25)26-8-14(24)21-13-5-4-11(18)7-19-13/h4-7H,8H2,1-3H3,(H,19,21,24). The Morgan fingerprint density at radius 1 is 1.31 bits per heavy atom. The van der Waals surface area contributed by atoms with Crippen LogP contribution in [-0.4, -0.2) is 38.2 Å². The highest BCUT2D eigenvalue weighted by molar-refractivity contribution is 6.30. The number of hydrogen-bond acceptors (Lipinski definition) is 6. The molecule has 3 rings (SSSR count). The molecule has 26 heavy (non-hydrogen) atoms. The second-order valence-corrected chi connectivity index (χ2v) is 6.14. The van der Waals surface area contributed by atoms with Crippen LogP contribution in [0.1, 0.15) is 21.7 Å². The number of hydrogen-bond donors (Lipinski definition) is 1. The molecule has 0 saturated carbocycles. The number of nitrogens with one attached hydrogen (secondary N) is 1. The van der Waals surface area contributed by atoms with Crippen LogP contribution in [0.2, 0.25) is 5.02 Å². The molecule has 9 heteroatoms. The quantitative estimate of drug-likeness (QED) is 0.705. The van der Waals surface area contributed by atoms with E-state index in [4.69, 9.17) is 16.3 Å². The molecule has 0 spiro atoms. The number of anilines is 1. The topological polar surface area (TPSA) is 99.0 Å². The molecule has 0 aliphatic heterocycles. The fourth-order valence-corrected chi connectivity index (χ4v) is 2.68. The van der Waals surface area contributed by atoms with Gasteiger partial charge in [-0.1, -0.05) is 11.6 Å². The lowest BCUT2D eigenvalue weighted by Gasteiger charge is -2.08. The van der Waals surface area contributed by atoms with Gasteiger partial charge in [-0.05, 0) is 32.0 Å². The highest BCUT2D eigenvalue weighted by Gasteiger charge is 2.19. The average molecular weight is 374 g/mol. The SMILES string of the molecule is Cc1cc(C(=O)OCC(=O)Nc2ccc(Cl)cn2)c2c(C)nn(C)c2n1. The van der Waals surface area contributed by atoms with E-state index in [0.717, 1.165) is 0 Å². The van der Waals surface area contributed by atoms with E-state index in [1.54, 1.807) is 43.8 Å². The summed E-state index contributed by atoms with van der Waals surface area (Å²) in [6, 6.07) is 4.77. The highest BCUT2D eigenvalue weighted by atomic mass is 35.5. The lowest BCUT2D eigenvalue weighted by Crippen LogP contribution is -2.21. The summed E-state index contributed by atoms with van der Waals surface area (Å²) < 4.78 is 6.75. The predicted molar refractivity (Wildman–Crippen MR) is 96.1 cm³/mol. The first-order valence-electron chi connectivity index (χ1n) is 7.74. The van der Waals surface area contributed by atoms with Crippen molar-refractivity contribution in [3.63, 3.8) is 0 Å². The van der Waals surface area contributed by atoms with Gasteiger partial charge >= 0.3 is 5.97 Å². The van der Waals surface area contributed by atoms with E-state index in [1.807, 2.05) is 0 Å². The highest BCUT2D eigenvalue weighted by Crippen LogP contribution is 2.22. The molecule has 3 aromatic rings. The number of ether oxygens (including phenoxy) is 1. The van der Waals surface area contributed by atoms with Crippen molar-refractivity contribution in [2.24, 2.45) is 7.05 Å². The average Bonchev–Trinajstić information content (AvgIpc) is 2.88. The monoisotopic (exact) mass is 373 g/mol. The van der Waals surface area contributed by atoms with Gasteiger partial charge in [0.1, 0.15) is 5.82 Å². The number of fused-ring (bicyclic) bond motifs is 1. The number of amides is 1. The lowest BCUT2D eigenvalue weighted by molar-refractivity contribution is -0.119. The van der Waals surface area contributed by atoms with Gasteiger partial charge in [0.15, 0.2) is 12.3 Å². The van der Waals surface area contributed by atoms with Gasteiger partial charge in [0.25, 0.3) is 5.91 Å². The van der Waals surface area contributed by atoms with E-state index in [0.29, 0.717) is 38.8 Å². The fourth-order valence-electron chi connectivity index (χ4n) is 2.57. The summed E-state index contributed by atoms with van der Waals surface area (Å²) in [5.74, 6) is -0.797. The van der Waals surface area contributed by atoms with Crippen LogP contribution in [0, 0.1) is 13.8 Å². The second-order valence-electron chi connectivity index (χ2n) is 5.70. The summed E-state index contributed by atoms with van der Waals surface area (Å²) in [6.45, 7) is 3.12. The molecule has 3 aromatic heterocycles. The number of aromatic nitrogens is 4. The smallest absolute Gasteiger partial charge is 0.339 e. The van der Waals surface area contributed by atoms with Gasteiger partial charge in [-0.25, -0.2) is 14.8 Å². The van der Waals surface area contributed by atoms with Gasteiger partial charge in [-0.3, -0.25) is 9.48 Å². The van der Waals surface area contributed by atoms with E-state index in [-0.39, 0.29) is 0 Å². The molecule has 0 aliphatic carbocycles. The Labute approximate surface area is 154 Å². The van der Waals surface area contributed by atoms with Crippen LogP contribution in [0.3, 0.4) is 0 Å². The van der Waals surface area contributed by atoms with E-state index in [2.05, 4.69) is 20.4 Å². The Bertz CT molecular complexity index is 998. The van der Waals surface area contributed by atoms with E-state index in [1.165, 1.54) is 6.20 Å². The minimum atomic E-state index is -0.615. The molecule has 134 valence electrons. The van der Waals surface area contributed by atoms with Crippen molar-refractivity contribution in [2.75, 3.05) is 11.9 Å². The zero-order valence-corrected chi connectivity index (χ0v) is 15.2. The molecule has 1 amide bonds. The number of aryl methyl sites for hydroxylation is 3. The Morgan fingerprint density at radius 2 is 2.08 bits per heavy atom. The molecule has 0 fully saturated rings. The number of halogens is 1. The minimum Gasteiger partial charge on any atom is -0.452 e. The third-order valence-corrected chi connectivity index (χ3v) is 3.87. The van der Waals surface area contributed by atoms with Gasteiger partial charge < -0.3 is 10.1 Å². The Hall–Kier alpha value is -3.00. The number of rotatable bonds is 4. The van der Waals surface area contributed by atoms with Crippen LogP contribution in [-0.2, 0) is 16.6 Å². The first-order valence-corrected chi connectivity index (χ1v) is 8.12. The van der Waals surface area contributed by atoms with Crippen molar-refractivity contribution in [3.8, 4) is 0 Å². The van der Waals surface area contributed by atoms with Gasteiger partial charge in [0.05, 0.1) is 21.7 Å². The Balaban J connectivity index is 1.73. The number of nitrogens with zero attached hydrogens (tertiary/aromatic N) is 4. The normalized spacial score (nSPS) is 10.8. The molecule has 3 heterocycles. The largest absolute Gasteiger partial charge is 0.452 e. The zero-order valence-electron chi connectivity index (χ0n) is 14.4. The van der Waals surface area contributed by atoms with E-state index >= 15 is 0 Å². The molecule has 0 aromatic carbocycles. The summed E-state index contributed by atoms with van der Waals surface area (Å²) >= 11 is 5.74. The van der Waals surface area contributed by atoms with Gasteiger partial charge in [0, 0.05) is 18.9 Å². The Morgan fingerprint density at radius 3 is 2.77 bits per heavy atom. The maximum absolute atomic E-state index is 12.5. The molecular weight excluding hydrogens is 358 g/mol. The molecule has 0 aliphatic rings. The number of carbonyl (C=O) groups excluding carboxylic acids is 2. The van der Waals surface area contributed by atoms with Gasteiger partial charge in [0.2, 0.25) is 0 Å². The first kappa shape index (κ1) is 17.8. The molecule has 0 unspecified atom stereocenters. The van der Waals surface area contributed by atoms with Crippen LogP contribution >= 0.6 is 11.6 Å². The van der Waals surface area contributed by atoms with Gasteiger partial charge in [-0.15, -0.1) is 0 Å². The van der Waals surface area contributed by atoms with E-state index in [9.17, 15) is 9.59 Å². The van der Waals surface area contributed by atoms with Crippen LogP contribution in [0.5, 0.6) is 0 Å². The number of carbonyl (C=O) groups is 2. The molecular formula is C17H16ClN5O3. The zero-order chi connectivity index (χ0) is 18.8. The molecule has 0 atom stereocenters. The second kappa shape index (κ2) is 7.09. The third kappa shape index (κ3) is 3.65. The van der Waals surface area contributed by atoms with Crippen molar-refractivity contribution in [2.45, 2.75) is 13.8 Å². The summed E-state index contributed by atoms with van der Waals surface area (Å²) in [5.41, 5.74) is 2.24. The molecule has 0 bridgehead atoms. The van der Waals surface area contributed by atoms with Crippen molar-refractivity contribution >= 4 is 40.3 Å². The maximum Gasteiger partial charge on any atom is 0.339 e. The fraction of sp³-hybridized carbons (Fsp3) is 0.235. The first-order chi connectivity index (χ1) is 12.3. The summed E-state index contributed by atoms with van der Waals surface area (Å²) in [4.78, 5) is 32.8. The number of esters is 1. The van der Waals surface area contributed by atoms with Crippen LogP contribution in [0.4, 0.5) is 5.82 Å². The predicted octanol–water partition coefficient (Wildman–Crippen LogP) is 2.43. The molecule has 0 saturated heterocycles. The van der Waals surface area contributed by atoms with Crippen molar-refractivity contribution in [3.05, 3.63) is 46.4 Å². The lowest BCUT2D eigenvalue weighted by atomic mass is 10.1. The molecule has 1 N–H and O–H groups in total. The summed E-state index contributed by atoms with van der Waals surface area (Å²) in [7, 11) is 1.75. The van der Waals surface area contributed by atoms with Gasteiger partial charge in [-0.2, -0.15) is 5.10 Å². The molecule has 8 nitrogen and oxygen atoms in total. The van der Waals surface area contributed by atoms with Crippen LogP contribution in [0.25, 0.3) is 11.0 Å². The summed E-state index contributed by atoms with van der Waals surface area (Å²) in [5, 5.41) is 7.88. The number of pyridine rings is 2. The molecule has 0 radical (unpaired) electrons. The third-order valence-electron chi connectivity index (χ3n) is 3.65. The van der Waals surface area contributed by atoms with Crippen molar-refractivity contribution < 1.29 is 14.3 Å².